The highest BCUT2D eigenvalue weighted by atomic mass is 19.4. The summed E-state index contributed by atoms with van der Waals surface area (Å²) in [7, 11) is 0. The number of halogens is 3. The van der Waals surface area contributed by atoms with E-state index in [1.807, 2.05) is 36.1 Å². The number of hydrogen-bond acceptors (Lipinski definition) is 7. The molecule has 0 unspecified atom stereocenters. The van der Waals surface area contributed by atoms with E-state index in [2.05, 4.69) is 25.6 Å². The van der Waals surface area contributed by atoms with E-state index in [-0.39, 0.29) is 30.1 Å². The van der Waals surface area contributed by atoms with Gasteiger partial charge in [-0.3, -0.25) is 14.4 Å². The molecule has 1 saturated carbocycles. The second kappa shape index (κ2) is 15.2. The van der Waals surface area contributed by atoms with Gasteiger partial charge in [0.25, 0.3) is 5.91 Å². The number of benzene rings is 2. The Bertz CT molecular complexity index is 1280. The van der Waals surface area contributed by atoms with Crippen LogP contribution in [0.1, 0.15) is 46.0 Å². The van der Waals surface area contributed by atoms with Gasteiger partial charge >= 0.3 is 6.36 Å². The summed E-state index contributed by atoms with van der Waals surface area (Å²) in [6, 6.07) is 12.9. The Labute approximate surface area is 261 Å². The lowest BCUT2D eigenvalue weighted by molar-refractivity contribution is -0.274. The summed E-state index contributed by atoms with van der Waals surface area (Å²) in [4.78, 5) is 41.8. The number of nitrogens with zero attached hydrogens (tertiary/aromatic N) is 2. The van der Waals surface area contributed by atoms with Crippen molar-refractivity contribution in [3.05, 3.63) is 48.5 Å². The van der Waals surface area contributed by atoms with E-state index in [4.69, 9.17) is 4.74 Å². The highest BCUT2D eigenvalue weighted by Crippen LogP contribution is 2.35. The summed E-state index contributed by atoms with van der Waals surface area (Å²) >= 11 is 0. The molecule has 0 bridgehead atoms. The van der Waals surface area contributed by atoms with E-state index >= 15 is 0 Å². The molecule has 246 valence electrons. The first-order valence-electron chi connectivity index (χ1n) is 15.4. The Hall–Kier alpha value is -4.16. The first kappa shape index (κ1) is 33.7. The highest BCUT2D eigenvalue weighted by molar-refractivity contribution is 5.83. The van der Waals surface area contributed by atoms with Gasteiger partial charge in [0.2, 0.25) is 11.8 Å². The van der Waals surface area contributed by atoms with Crippen LogP contribution in [0.5, 0.6) is 11.5 Å². The molecule has 1 atom stereocenters. The van der Waals surface area contributed by atoms with Gasteiger partial charge in [-0.15, -0.1) is 13.2 Å². The molecule has 2 aromatic carbocycles. The lowest BCUT2D eigenvalue weighted by atomic mass is 9.73. The molecule has 0 aromatic heterocycles. The molecule has 1 saturated heterocycles. The molecule has 4 rings (SSSR count). The predicted molar refractivity (Wildman–Crippen MR) is 164 cm³/mol. The number of amides is 3. The SMILES string of the molecule is CC(=O)N1CCN(c2ccc(OCC(=O)NC3([C@H](C)C(=O)NCCNc4ccc(OC(F)(F)F)cc4)CCCCC3)cc2)CC1. The van der Waals surface area contributed by atoms with Crippen LogP contribution in [-0.4, -0.2) is 80.4 Å². The standard InChI is InChI=1S/C32H42F3N5O5/c1-23(30(43)37-17-16-36-25-6-10-28(11-7-25)45-32(33,34)35)31(14-4-3-5-15-31)38-29(42)22-44-27-12-8-26(9-13-27)40-20-18-39(19-21-40)24(2)41/h6-13,23,36H,3-5,14-22H2,1-2H3,(H,37,43)(H,38,42)/t23-/m1/s1. The maximum Gasteiger partial charge on any atom is 0.573 e. The molecule has 1 aliphatic carbocycles. The predicted octanol–water partition coefficient (Wildman–Crippen LogP) is 4.32. The number of hydrogen-bond donors (Lipinski definition) is 3. The monoisotopic (exact) mass is 633 g/mol. The zero-order valence-corrected chi connectivity index (χ0v) is 25.8. The third-order valence-electron chi connectivity index (χ3n) is 8.49. The summed E-state index contributed by atoms with van der Waals surface area (Å²) in [5, 5.41) is 9.09. The van der Waals surface area contributed by atoms with Crippen molar-refractivity contribution in [1.82, 2.24) is 15.5 Å². The lowest BCUT2D eigenvalue weighted by Gasteiger charge is -2.42. The summed E-state index contributed by atoms with van der Waals surface area (Å²) in [6.07, 6.45) is -0.546. The first-order chi connectivity index (χ1) is 21.4. The van der Waals surface area contributed by atoms with E-state index in [0.717, 1.165) is 38.0 Å². The first-order valence-corrected chi connectivity index (χ1v) is 15.4. The Morgan fingerprint density at radius 2 is 1.51 bits per heavy atom. The number of carbonyl (C=O) groups excluding carboxylic acids is 3. The molecule has 1 heterocycles. The van der Waals surface area contributed by atoms with Gasteiger partial charge in [-0.1, -0.05) is 26.2 Å². The molecular formula is C32H42F3N5O5. The quantitative estimate of drug-likeness (QED) is 0.299. The minimum atomic E-state index is -4.75. The Morgan fingerprint density at radius 1 is 0.889 bits per heavy atom. The molecule has 3 N–H and O–H groups in total. The van der Waals surface area contributed by atoms with Crippen LogP contribution in [0.2, 0.25) is 0 Å². The molecule has 45 heavy (non-hydrogen) atoms. The maximum atomic E-state index is 13.1. The topological polar surface area (TPSA) is 112 Å². The Kier molecular flexibility index (Phi) is 11.4. The van der Waals surface area contributed by atoms with Crippen LogP contribution in [0.4, 0.5) is 24.5 Å². The molecule has 2 aromatic rings. The average Bonchev–Trinajstić information content (AvgIpc) is 3.02. The van der Waals surface area contributed by atoms with Gasteiger partial charge in [-0.05, 0) is 61.4 Å². The zero-order valence-electron chi connectivity index (χ0n) is 25.8. The minimum Gasteiger partial charge on any atom is -0.484 e. The van der Waals surface area contributed by atoms with Crippen LogP contribution in [-0.2, 0) is 14.4 Å². The number of carbonyl (C=O) groups is 3. The van der Waals surface area contributed by atoms with E-state index in [0.29, 0.717) is 50.5 Å². The normalized spacial score (nSPS) is 17.2. The van der Waals surface area contributed by atoms with Gasteiger partial charge < -0.3 is 35.2 Å². The summed E-state index contributed by atoms with van der Waals surface area (Å²) in [5.41, 5.74) is 0.931. The molecule has 0 spiro atoms. The van der Waals surface area contributed by atoms with Crippen LogP contribution >= 0.6 is 0 Å². The molecule has 1 aliphatic heterocycles. The third-order valence-corrected chi connectivity index (χ3v) is 8.49. The van der Waals surface area contributed by atoms with Gasteiger partial charge in [-0.2, -0.15) is 0 Å². The van der Waals surface area contributed by atoms with Crippen molar-refractivity contribution in [2.75, 3.05) is 56.1 Å². The molecule has 2 fully saturated rings. The van der Waals surface area contributed by atoms with Crippen LogP contribution in [0.3, 0.4) is 0 Å². The van der Waals surface area contributed by atoms with Gasteiger partial charge in [0, 0.05) is 57.6 Å². The van der Waals surface area contributed by atoms with Crippen LogP contribution in [0.25, 0.3) is 0 Å². The molecule has 13 heteroatoms. The zero-order chi connectivity index (χ0) is 32.5. The van der Waals surface area contributed by atoms with Gasteiger partial charge in [-0.25, -0.2) is 0 Å². The fraction of sp³-hybridized carbons (Fsp3) is 0.531. The van der Waals surface area contributed by atoms with Crippen molar-refractivity contribution < 1.29 is 37.0 Å². The van der Waals surface area contributed by atoms with Gasteiger partial charge in [0.15, 0.2) is 6.61 Å². The number of anilines is 2. The second-order valence-corrected chi connectivity index (χ2v) is 11.6. The van der Waals surface area contributed by atoms with Crippen LogP contribution in [0, 0.1) is 5.92 Å². The van der Waals surface area contributed by atoms with Crippen molar-refractivity contribution in [3.63, 3.8) is 0 Å². The molecule has 10 nitrogen and oxygen atoms in total. The summed E-state index contributed by atoms with van der Waals surface area (Å²) in [6.45, 7) is 6.76. The van der Waals surface area contributed by atoms with Gasteiger partial charge in [0.05, 0.1) is 11.5 Å². The van der Waals surface area contributed by atoms with Crippen molar-refractivity contribution >= 4 is 29.1 Å². The van der Waals surface area contributed by atoms with Gasteiger partial charge in [0.1, 0.15) is 11.5 Å². The number of alkyl halides is 3. The lowest BCUT2D eigenvalue weighted by Crippen LogP contribution is -2.59. The largest absolute Gasteiger partial charge is 0.573 e. The molecule has 0 radical (unpaired) electrons. The summed E-state index contributed by atoms with van der Waals surface area (Å²) < 4.78 is 46.7. The van der Waals surface area contributed by atoms with E-state index < -0.39 is 17.8 Å². The number of nitrogens with one attached hydrogen (secondary N) is 3. The molecule has 2 aliphatic rings. The fourth-order valence-corrected chi connectivity index (χ4v) is 5.92. The van der Waals surface area contributed by atoms with Crippen molar-refractivity contribution in [3.8, 4) is 11.5 Å². The minimum absolute atomic E-state index is 0.0859. The Balaban J connectivity index is 1.23. The third kappa shape index (κ3) is 9.92. The van der Waals surface area contributed by atoms with Crippen molar-refractivity contribution in [2.24, 2.45) is 5.92 Å². The second-order valence-electron chi connectivity index (χ2n) is 11.6. The van der Waals surface area contributed by atoms with Crippen LogP contribution in [0.15, 0.2) is 48.5 Å². The van der Waals surface area contributed by atoms with E-state index in [1.165, 1.54) is 24.3 Å². The highest BCUT2D eigenvalue weighted by Gasteiger charge is 2.42. The van der Waals surface area contributed by atoms with Crippen molar-refractivity contribution in [1.29, 1.82) is 0 Å². The number of piperazine rings is 1. The average molecular weight is 634 g/mol. The molecular weight excluding hydrogens is 591 g/mol. The summed E-state index contributed by atoms with van der Waals surface area (Å²) in [5.74, 6) is -0.620. The smallest absolute Gasteiger partial charge is 0.484 e. The maximum absolute atomic E-state index is 13.1. The van der Waals surface area contributed by atoms with Crippen molar-refractivity contribution in [2.45, 2.75) is 57.9 Å². The van der Waals surface area contributed by atoms with E-state index in [1.54, 1.807) is 6.92 Å². The number of rotatable bonds is 12. The fourth-order valence-electron chi connectivity index (χ4n) is 5.92. The van der Waals surface area contributed by atoms with E-state index in [9.17, 15) is 27.6 Å². The van der Waals surface area contributed by atoms with Crippen LogP contribution < -0.4 is 30.3 Å². The number of ether oxygens (including phenoxy) is 2. The molecule has 3 amide bonds. The Morgan fingerprint density at radius 3 is 2.11 bits per heavy atom.